The van der Waals surface area contributed by atoms with Gasteiger partial charge in [-0.3, -0.25) is 4.99 Å². The summed E-state index contributed by atoms with van der Waals surface area (Å²) in [6, 6.07) is 16.3. The van der Waals surface area contributed by atoms with Crippen LogP contribution in [0, 0.1) is 0 Å². The van der Waals surface area contributed by atoms with Crippen LogP contribution in [0.5, 0.6) is 11.5 Å². The maximum absolute atomic E-state index is 6.06. The van der Waals surface area contributed by atoms with E-state index in [-0.39, 0.29) is 6.10 Å². The van der Waals surface area contributed by atoms with E-state index in [1.54, 1.807) is 7.05 Å². The fraction of sp³-hybridized carbons (Fsp3) is 0.318. The number of rotatable bonds is 7. The zero-order valence-corrected chi connectivity index (χ0v) is 15.4. The highest BCUT2D eigenvalue weighted by Crippen LogP contribution is 2.35. The molecule has 4 heteroatoms. The molecule has 0 saturated carbocycles. The van der Waals surface area contributed by atoms with E-state index < -0.39 is 0 Å². The summed E-state index contributed by atoms with van der Waals surface area (Å²) in [5, 5.41) is 3.47. The van der Waals surface area contributed by atoms with Gasteiger partial charge in [-0.2, -0.15) is 0 Å². The molecule has 0 saturated heterocycles. The second kappa shape index (κ2) is 9.20. The number of allylic oxidation sites excluding steroid dienone is 1. The molecule has 26 heavy (non-hydrogen) atoms. The van der Waals surface area contributed by atoms with Gasteiger partial charge in [0.15, 0.2) is 17.6 Å². The van der Waals surface area contributed by atoms with Crippen molar-refractivity contribution in [3.63, 3.8) is 0 Å². The Labute approximate surface area is 155 Å². The predicted octanol–water partition coefficient (Wildman–Crippen LogP) is 4.33. The molecule has 1 unspecified atom stereocenters. The van der Waals surface area contributed by atoms with Gasteiger partial charge in [0.1, 0.15) is 6.61 Å². The first kappa shape index (κ1) is 18.2. The van der Waals surface area contributed by atoms with Crippen LogP contribution in [0.3, 0.4) is 0 Å². The first-order valence-electron chi connectivity index (χ1n) is 9.09. The number of benzene rings is 2. The molecule has 0 aliphatic carbocycles. The first-order chi connectivity index (χ1) is 12.8. The number of nitrogens with zero attached hydrogens (tertiary/aromatic N) is 1. The fourth-order valence-electron chi connectivity index (χ4n) is 2.98. The van der Waals surface area contributed by atoms with Crippen LogP contribution in [-0.2, 0) is 6.54 Å². The van der Waals surface area contributed by atoms with Crippen LogP contribution in [-0.4, -0.2) is 26.4 Å². The van der Waals surface area contributed by atoms with Crippen molar-refractivity contribution < 1.29 is 9.47 Å². The van der Waals surface area contributed by atoms with Crippen molar-refractivity contribution in [3.8, 4) is 11.5 Å². The molecule has 1 heterocycles. The summed E-state index contributed by atoms with van der Waals surface area (Å²) in [6.07, 6.45) is 5.07. The molecule has 0 amide bonds. The highest BCUT2D eigenvalue weighted by atomic mass is 16.6. The summed E-state index contributed by atoms with van der Waals surface area (Å²) in [5.41, 5.74) is 3.60. The van der Waals surface area contributed by atoms with Crippen LogP contribution in [0.15, 0.2) is 65.2 Å². The van der Waals surface area contributed by atoms with Crippen molar-refractivity contribution >= 4 is 6.21 Å². The number of nitrogens with one attached hydrogen (secondary N) is 1. The number of para-hydroxylation sites is 2. The Hall–Kier alpha value is -2.59. The van der Waals surface area contributed by atoms with E-state index in [1.165, 1.54) is 11.1 Å². The summed E-state index contributed by atoms with van der Waals surface area (Å²) < 4.78 is 11.9. The fourth-order valence-corrected chi connectivity index (χ4v) is 2.98. The maximum Gasteiger partial charge on any atom is 0.162 e. The van der Waals surface area contributed by atoms with Crippen molar-refractivity contribution in [3.05, 3.63) is 71.3 Å². The van der Waals surface area contributed by atoms with Crippen LogP contribution in [0.25, 0.3) is 0 Å². The summed E-state index contributed by atoms with van der Waals surface area (Å²) >= 11 is 0. The Morgan fingerprint density at radius 3 is 2.65 bits per heavy atom. The van der Waals surface area contributed by atoms with Gasteiger partial charge in [-0.05, 0) is 35.3 Å². The number of hydrogen-bond donors (Lipinski definition) is 1. The predicted molar refractivity (Wildman–Crippen MR) is 106 cm³/mol. The van der Waals surface area contributed by atoms with E-state index in [0.29, 0.717) is 6.61 Å². The molecule has 1 N–H and O–H groups in total. The van der Waals surface area contributed by atoms with Crippen LogP contribution < -0.4 is 14.8 Å². The smallest absolute Gasteiger partial charge is 0.162 e. The van der Waals surface area contributed by atoms with Gasteiger partial charge in [-0.1, -0.05) is 49.4 Å². The van der Waals surface area contributed by atoms with Crippen molar-refractivity contribution in [2.75, 3.05) is 20.2 Å². The maximum atomic E-state index is 6.06. The lowest BCUT2D eigenvalue weighted by Crippen LogP contribution is -2.21. The van der Waals surface area contributed by atoms with E-state index in [0.717, 1.165) is 36.6 Å². The highest BCUT2D eigenvalue weighted by molar-refractivity contribution is 5.78. The Bertz CT molecular complexity index is 766. The molecule has 2 aromatic carbocycles. The number of aliphatic imine (C=N–C) groups is 1. The third kappa shape index (κ3) is 4.73. The minimum atomic E-state index is -0.0632. The molecule has 0 fully saturated rings. The Kier molecular flexibility index (Phi) is 6.45. The molecule has 1 aliphatic heterocycles. The Morgan fingerprint density at radius 2 is 1.92 bits per heavy atom. The van der Waals surface area contributed by atoms with Crippen molar-refractivity contribution in [1.82, 2.24) is 5.32 Å². The summed E-state index contributed by atoms with van der Waals surface area (Å²) in [5.74, 6) is 1.62. The lowest BCUT2D eigenvalue weighted by molar-refractivity contribution is 0.0913. The third-order valence-electron chi connectivity index (χ3n) is 4.28. The number of hydrogen-bond acceptors (Lipinski definition) is 4. The van der Waals surface area contributed by atoms with Crippen molar-refractivity contribution in [1.29, 1.82) is 0 Å². The molecule has 4 nitrogen and oxygen atoms in total. The van der Waals surface area contributed by atoms with Crippen LogP contribution in [0.1, 0.15) is 30.6 Å². The standard InChI is InChI=1S/C22H26N2O2/c1-3-6-18(13-23-2)15-24-14-17-9-11-19(12-10-17)22-16-25-20-7-4-5-8-21(20)26-22/h4-13,22,24H,3,14-16H2,1-2H3/b18-6+,23-13?. The molecule has 0 aromatic heterocycles. The average Bonchev–Trinajstić information content (AvgIpc) is 2.68. The van der Waals surface area contributed by atoms with Crippen molar-refractivity contribution in [2.24, 2.45) is 4.99 Å². The van der Waals surface area contributed by atoms with Gasteiger partial charge < -0.3 is 14.8 Å². The average molecular weight is 350 g/mol. The SMILES string of the molecule is CC/C=C(\C=NC)CNCc1ccc(C2COc3ccccc3O2)cc1. The van der Waals surface area contributed by atoms with E-state index in [4.69, 9.17) is 9.47 Å². The lowest BCUT2D eigenvalue weighted by atomic mass is 10.1. The topological polar surface area (TPSA) is 42.9 Å². The summed E-state index contributed by atoms with van der Waals surface area (Å²) in [4.78, 5) is 4.10. The lowest BCUT2D eigenvalue weighted by Gasteiger charge is -2.26. The molecule has 0 radical (unpaired) electrons. The zero-order chi connectivity index (χ0) is 18.2. The molecule has 2 aromatic rings. The van der Waals surface area contributed by atoms with Gasteiger partial charge in [0.25, 0.3) is 0 Å². The zero-order valence-electron chi connectivity index (χ0n) is 15.4. The van der Waals surface area contributed by atoms with Crippen LogP contribution in [0.2, 0.25) is 0 Å². The highest BCUT2D eigenvalue weighted by Gasteiger charge is 2.21. The minimum absolute atomic E-state index is 0.0632. The molecule has 0 spiro atoms. The van der Waals surface area contributed by atoms with Gasteiger partial charge in [-0.15, -0.1) is 0 Å². The van der Waals surface area contributed by atoms with E-state index >= 15 is 0 Å². The second-order valence-corrected chi connectivity index (χ2v) is 6.28. The largest absolute Gasteiger partial charge is 0.485 e. The molecule has 0 bridgehead atoms. The molecular weight excluding hydrogens is 324 g/mol. The van der Waals surface area contributed by atoms with Gasteiger partial charge in [-0.25, -0.2) is 0 Å². The minimum Gasteiger partial charge on any atom is -0.485 e. The number of fused-ring (bicyclic) bond motifs is 1. The van der Waals surface area contributed by atoms with E-state index in [1.807, 2.05) is 30.5 Å². The van der Waals surface area contributed by atoms with Gasteiger partial charge >= 0.3 is 0 Å². The normalized spacial score (nSPS) is 16.8. The number of ether oxygens (including phenoxy) is 2. The van der Waals surface area contributed by atoms with Crippen LogP contribution >= 0.6 is 0 Å². The monoisotopic (exact) mass is 350 g/mol. The van der Waals surface area contributed by atoms with Crippen molar-refractivity contribution in [2.45, 2.75) is 26.0 Å². The quantitative estimate of drug-likeness (QED) is 0.756. The van der Waals surface area contributed by atoms with Gasteiger partial charge in [0.2, 0.25) is 0 Å². The Morgan fingerprint density at radius 1 is 1.15 bits per heavy atom. The molecule has 1 aliphatic rings. The summed E-state index contributed by atoms with van der Waals surface area (Å²) in [7, 11) is 1.80. The third-order valence-corrected chi connectivity index (χ3v) is 4.28. The molecule has 136 valence electrons. The second-order valence-electron chi connectivity index (χ2n) is 6.28. The van der Waals surface area contributed by atoms with Crippen LogP contribution in [0.4, 0.5) is 0 Å². The molecule has 1 atom stereocenters. The Balaban J connectivity index is 1.55. The summed E-state index contributed by atoms with van der Waals surface area (Å²) in [6.45, 7) is 4.32. The molecular formula is C22H26N2O2. The molecule has 3 rings (SSSR count). The van der Waals surface area contributed by atoms with Gasteiger partial charge in [0.05, 0.1) is 0 Å². The van der Waals surface area contributed by atoms with E-state index in [2.05, 4.69) is 47.6 Å². The van der Waals surface area contributed by atoms with E-state index in [9.17, 15) is 0 Å². The van der Waals surface area contributed by atoms with Gasteiger partial charge in [0, 0.05) is 26.4 Å². The first-order valence-corrected chi connectivity index (χ1v) is 9.09.